The number of likely N-dealkylation sites (N-methyl/N-ethyl adjacent to an activating group) is 1. The first-order valence-corrected chi connectivity index (χ1v) is 11.2. The van der Waals surface area contributed by atoms with Crippen molar-refractivity contribution in [3.63, 3.8) is 0 Å². The van der Waals surface area contributed by atoms with Gasteiger partial charge in [-0.05, 0) is 67.4 Å². The van der Waals surface area contributed by atoms with Crippen LogP contribution in [0.15, 0.2) is 42.5 Å². The molecule has 2 N–H and O–H groups in total. The van der Waals surface area contributed by atoms with Crippen molar-refractivity contribution in [2.75, 3.05) is 34.9 Å². The van der Waals surface area contributed by atoms with Gasteiger partial charge < -0.3 is 29.2 Å². The maximum atomic E-state index is 11.3. The van der Waals surface area contributed by atoms with E-state index in [0.717, 1.165) is 29.7 Å². The Labute approximate surface area is 204 Å². The molecule has 1 atom stereocenters. The molecule has 1 aliphatic heterocycles. The van der Waals surface area contributed by atoms with Gasteiger partial charge in [-0.2, -0.15) is 0 Å². The Balaban J connectivity index is 1.78. The normalized spacial score (nSPS) is 15.3. The number of hydrogen-bond donors (Lipinski definition) is 2. The van der Waals surface area contributed by atoms with E-state index in [2.05, 4.69) is 4.90 Å². The van der Waals surface area contributed by atoms with Gasteiger partial charge in [-0.3, -0.25) is 9.69 Å². The van der Waals surface area contributed by atoms with Crippen LogP contribution in [0.4, 0.5) is 0 Å². The summed E-state index contributed by atoms with van der Waals surface area (Å²) in [4.78, 5) is 13.5. The van der Waals surface area contributed by atoms with E-state index in [1.807, 2.05) is 19.2 Å². The molecule has 0 saturated heterocycles. The maximum Gasteiger partial charge on any atom is 0.201 e. The van der Waals surface area contributed by atoms with Crippen LogP contribution < -0.4 is 18.9 Å². The van der Waals surface area contributed by atoms with Crippen LogP contribution in [0.2, 0.25) is 0 Å². The molecule has 0 radical (unpaired) electrons. The van der Waals surface area contributed by atoms with Crippen molar-refractivity contribution in [2.45, 2.75) is 18.9 Å². The van der Waals surface area contributed by atoms with Gasteiger partial charge in [0.05, 0.1) is 21.3 Å². The zero-order valence-electron chi connectivity index (χ0n) is 20.2. The van der Waals surface area contributed by atoms with Crippen LogP contribution in [0.1, 0.15) is 33.1 Å². The fourth-order valence-corrected chi connectivity index (χ4v) is 4.47. The third-order valence-corrected chi connectivity index (χ3v) is 6.41. The van der Waals surface area contributed by atoms with Crippen LogP contribution in [0.25, 0.3) is 0 Å². The average molecular weight is 480 g/mol. The Bertz CT molecular complexity index is 1240. The van der Waals surface area contributed by atoms with Gasteiger partial charge in [0.2, 0.25) is 5.75 Å². The van der Waals surface area contributed by atoms with Crippen molar-refractivity contribution < 1.29 is 34.0 Å². The second-order valence-electron chi connectivity index (χ2n) is 8.41. The summed E-state index contributed by atoms with van der Waals surface area (Å²) in [5.74, 6) is 1.55. The molecule has 0 aromatic heterocycles. The van der Waals surface area contributed by atoms with Gasteiger partial charge >= 0.3 is 0 Å². The number of phenols is 2. The number of benzene rings is 3. The minimum absolute atomic E-state index is 0.0796. The molecule has 0 fully saturated rings. The van der Waals surface area contributed by atoms with Crippen LogP contribution in [0.3, 0.4) is 0 Å². The number of carbonyl (C=O) groups is 1. The second kappa shape index (κ2) is 10.1. The number of carbonyl (C=O) groups excluding carboxylic acids is 1. The molecule has 1 heterocycles. The molecular weight excluding hydrogens is 450 g/mol. The molecule has 3 aromatic carbocycles. The number of ether oxygens (including phenoxy) is 4. The second-order valence-corrected chi connectivity index (χ2v) is 8.41. The number of rotatable bonds is 8. The van der Waals surface area contributed by atoms with Crippen LogP contribution in [-0.2, 0) is 12.8 Å². The highest BCUT2D eigenvalue weighted by Gasteiger charge is 2.29. The van der Waals surface area contributed by atoms with Gasteiger partial charge in [0.1, 0.15) is 6.29 Å². The Morgan fingerprint density at radius 3 is 2.34 bits per heavy atom. The van der Waals surface area contributed by atoms with Gasteiger partial charge in [0, 0.05) is 23.7 Å². The lowest BCUT2D eigenvalue weighted by Crippen LogP contribution is -2.33. The number of methoxy groups -OCH3 is 3. The molecule has 3 aromatic rings. The summed E-state index contributed by atoms with van der Waals surface area (Å²) >= 11 is 0. The van der Waals surface area contributed by atoms with E-state index in [4.69, 9.17) is 18.9 Å². The van der Waals surface area contributed by atoms with Gasteiger partial charge in [-0.1, -0.05) is 6.07 Å². The van der Waals surface area contributed by atoms with Crippen molar-refractivity contribution >= 4 is 6.29 Å². The molecule has 8 heteroatoms. The topological polar surface area (TPSA) is 97.7 Å². The first-order chi connectivity index (χ1) is 16.9. The summed E-state index contributed by atoms with van der Waals surface area (Å²) in [6, 6.07) is 11.9. The number of fused-ring (bicyclic) bond motifs is 1. The highest BCUT2D eigenvalue weighted by Crippen LogP contribution is 2.46. The first kappa shape index (κ1) is 24.2. The van der Waals surface area contributed by atoms with E-state index in [1.54, 1.807) is 30.3 Å². The van der Waals surface area contributed by atoms with Crippen molar-refractivity contribution in [3.05, 3.63) is 64.7 Å². The molecule has 4 rings (SSSR count). The summed E-state index contributed by atoms with van der Waals surface area (Å²) in [6.07, 6.45) is 2.02. The lowest BCUT2D eigenvalue weighted by atomic mass is 9.88. The van der Waals surface area contributed by atoms with E-state index in [9.17, 15) is 15.0 Å². The Morgan fingerprint density at radius 2 is 1.66 bits per heavy atom. The van der Waals surface area contributed by atoms with Crippen molar-refractivity contribution in [2.24, 2.45) is 0 Å². The van der Waals surface area contributed by atoms with Gasteiger partial charge in [0.25, 0.3) is 0 Å². The third-order valence-electron chi connectivity index (χ3n) is 6.41. The minimum Gasteiger partial charge on any atom is -0.504 e. The van der Waals surface area contributed by atoms with Gasteiger partial charge in [-0.15, -0.1) is 0 Å². The van der Waals surface area contributed by atoms with Crippen LogP contribution >= 0.6 is 0 Å². The smallest absolute Gasteiger partial charge is 0.201 e. The number of nitrogens with zero attached hydrogens (tertiary/aromatic N) is 1. The number of phenolic OH excluding ortho intramolecular Hbond substituents is 2. The summed E-state index contributed by atoms with van der Waals surface area (Å²) in [6.45, 7) is 0.819. The summed E-state index contributed by atoms with van der Waals surface area (Å²) in [7, 11) is 6.53. The predicted octanol–water partition coefficient (Wildman–Crippen LogP) is 4.50. The zero-order valence-corrected chi connectivity index (χ0v) is 20.2. The molecule has 0 aliphatic carbocycles. The average Bonchev–Trinajstić information content (AvgIpc) is 2.87. The highest BCUT2D eigenvalue weighted by atomic mass is 16.5. The quantitative estimate of drug-likeness (QED) is 0.456. The van der Waals surface area contributed by atoms with Crippen molar-refractivity contribution in [1.29, 1.82) is 0 Å². The Kier molecular flexibility index (Phi) is 7.02. The highest BCUT2D eigenvalue weighted by molar-refractivity contribution is 5.76. The first-order valence-electron chi connectivity index (χ1n) is 11.2. The van der Waals surface area contributed by atoms with E-state index in [1.165, 1.54) is 21.3 Å². The molecule has 0 unspecified atom stereocenters. The number of hydrogen-bond acceptors (Lipinski definition) is 8. The standard InChI is InChI=1S/C27H29NO7/c1-28-10-9-17-13-24(34-4)21(30)14-19(17)20(28)12-18-6-8-23(33-3)26(31)27(18)35-25-11-16(15-29)5-7-22(25)32-2/h5-8,11,13-15,20,30-31H,9-10,12H2,1-4H3/t20-/m0/s1. The van der Waals surface area contributed by atoms with Crippen molar-refractivity contribution in [3.8, 4) is 40.2 Å². The maximum absolute atomic E-state index is 11.3. The minimum atomic E-state index is -0.153. The summed E-state index contributed by atoms with van der Waals surface area (Å²) < 4.78 is 22.2. The molecular formula is C27H29NO7. The zero-order chi connectivity index (χ0) is 25.1. The fourth-order valence-electron chi connectivity index (χ4n) is 4.47. The summed E-state index contributed by atoms with van der Waals surface area (Å²) in [5, 5.41) is 21.4. The molecule has 1 aliphatic rings. The fraction of sp³-hybridized carbons (Fsp3) is 0.296. The third kappa shape index (κ3) is 4.70. The monoisotopic (exact) mass is 479 g/mol. The predicted molar refractivity (Wildman–Crippen MR) is 131 cm³/mol. The molecule has 0 spiro atoms. The lowest BCUT2D eigenvalue weighted by molar-refractivity contribution is 0.112. The van der Waals surface area contributed by atoms with Gasteiger partial charge in [0.15, 0.2) is 34.5 Å². The van der Waals surface area contributed by atoms with E-state index < -0.39 is 0 Å². The molecule has 0 saturated carbocycles. The molecule has 0 bridgehead atoms. The van der Waals surface area contributed by atoms with Crippen molar-refractivity contribution in [1.82, 2.24) is 4.90 Å². The molecule has 35 heavy (non-hydrogen) atoms. The number of aromatic hydroxyl groups is 2. The lowest BCUT2D eigenvalue weighted by Gasteiger charge is -2.35. The summed E-state index contributed by atoms with van der Waals surface area (Å²) in [5.41, 5.74) is 3.22. The molecule has 0 amide bonds. The molecule has 8 nitrogen and oxygen atoms in total. The van der Waals surface area contributed by atoms with Crippen LogP contribution in [0, 0.1) is 0 Å². The van der Waals surface area contributed by atoms with Gasteiger partial charge in [-0.25, -0.2) is 0 Å². The van der Waals surface area contributed by atoms with Crippen LogP contribution in [0.5, 0.6) is 40.2 Å². The number of aldehydes is 1. The molecule has 184 valence electrons. The largest absolute Gasteiger partial charge is 0.504 e. The Morgan fingerprint density at radius 1 is 0.943 bits per heavy atom. The Hall–Kier alpha value is -3.91. The van der Waals surface area contributed by atoms with E-state index >= 15 is 0 Å². The van der Waals surface area contributed by atoms with E-state index in [-0.39, 0.29) is 29.0 Å². The SMILES string of the molecule is COc1cc2c(cc1O)[C@H](Cc1ccc(OC)c(O)c1Oc1cc(C=O)ccc1OC)N(C)CC2. The van der Waals surface area contributed by atoms with Crippen LogP contribution in [-0.4, -0.2) is 56.3 Å². The van der Waals surface area contributed by atoms with E-state index in [0.29, 0.717) is 35.5 Å².